The molecule has 1 rings (SSSR count). The number of rotatable bonds is 5. The SMILES string of the molecule is CCN(CC)c1ccc(C=CC(C#N)C#N)c(O)c1. The molecular weight excluding hydrogens is 238 g/mol. The number of nitrogens with zero attached hydrogens (tertiary/aromatic N) is 3. The molecule has 98 valence electrons. The zero-order valence-corrected chi connectivity index (χ0v) is 11.2. The first-order valence-electron chi connectivity index (χ1n) is 6.21. The predicted octanol–water partition coefficient (Wildman–Crippen LogP) is 2.91. The van der Waals surface area contributed by atoms with E-state index in [-0.39, 0.29) is 5.75 Å². The highest BCUT2D eigenvalue weighted by molar-refractivity contribution is 5.63. The molecule has 1 N–H and O–H groups in total. The quantitative estimate of drug-likeness (QED) is 0.878. The first-order valence-corrected chi connectivity index (χ1v) is 6.21. The van der Waals surface area contributed by atoms with Gasteiger partial charge in [-0.1, -0.05) is 12.2 Å². The lowest BCUT2D eigenvalue weighted by molar-refractivity contribution is 0.474. The molecule has 0 spiro atoms. The van der Waals surface area contributed by atoms with Crippen LogP contribution in [0, 0.1) is 28.6 Å². The first-order chi connectivity index (χ1) is 9.15. The van der Waals surface area contributed by atoms with Crippen LogP contribution < -0.4 is 4.90 Å². The van der Waals surface area contributed by atoms with Crippen molar-refractivity contribution < 1.29 is 5.11 Å². The zero-order chi connectivity index (χ0) is 14.3. The number of benzene rings is 1. The summed E-state index contributed by atoms with van der Waals surface area (Å²) in [7, 11) is 0. The number of phenols is 1. The third kappa shape index (κ3) is 3.76. The van der Waals surface area contributed by atoms with Gasteiger partial charge in [0, 0.05) is 30.4 Å². The number of anilines is 1. The second-order valence-electron chi connectivity index (χ2n) is 4.01. The van der Waals surface area contributed by atoms with Gasteiger partial charge >= 0.3 is 0 Å². The zero-order valence-electron chi connectivity index (χ0n) is 11.2. The number of hydrogen-bond acceptors (Lipinski definition) is 4. The number of allylic oxidation sites excluding steroid dienone is 1. The van der Waals surface area contributed by atoms with Crippen molar-refractivity contribution in [2.75, 3.05) is 18.0 Å². The topological polar surface area (TPSA) is 71.0 Å². The minimum absolute atomic E-state index is 0.148. The number of phenolic OH excluding ortho intramolecular Hbond substituents is 1. The van der Waals surface area contributed by atoms with Crippen LogP contribution in [0.1, 0.15) is 19.4 Å². The van der Waals surface area contributed by atoms with Gasteiger partial charge in [-0.2, -0.15) is 10.5 Å². The van der Waals surface area contributed by atoms with Gasteiger partial charge < -0.3 is 10.0 Å². The summed E-state index contributed by atoms with van der Waals surface area (Å²) >= 11 is 0. The Bertz CT molecular complexity index is 519. The minimum Gasteiger partial charge on any atom is -0.507 e. The van der Waals surface area contributed by atoms with Gasteiger partial charge in [-0.15, -0.1) is 0 Å². The van der Waals surface area contributed by atoms with Gasteiger partial charge in [0.2, 0.25) is 0 Å². The Morgan fingerprint density at radius 2 is 1.89 bits per heavy atom. The molecule has 0 atom stereocenters. The molecule has 0 aliphatic carbocycles. The lowest BCUT2D eigenvalue weighted by Crippen LogP contribution is -2.21. The molecule has 0 radical (unpaired) electrons. The normalized spacial score (nSPS) is 10.4. The standard InChI is InChI=1S/C15H17N3O/c1-3-18(4-2)14-8-7-13(15(19)9-14)6-5-12(10-16)11-17/h5-9,12,19H,3-4H2,1-2H3. The molecule has 1 aromatic carbocycles. The Balaban J connectivity index is 2.96. The molecule has 0 aliphatic rings. The summed E-state index contributed by atoms with van der Waals surface area (Å²) in [6.07, 6.45) is 3.07. The fraction of sp³-hybridized carbons (Fsp3) is 0.333. The van der Waals surface area contributed by atoms with Crippen LogP contribution >= 0.6 is 0 Å². The van der Waals surface area contributed by atoms with Gasteiger partial charge in [0.15, 0.2) is 5.92 Å². The van der Waals surface area contributed by atoms with Crippen LogP contribution in [0.15, 0.2) is 24.3 Å². The van der Waals surface area contributed by atoms with Crippen LogP contribution in [0.4, 0.5) is 5.69 Å². The van der Waals surface area contributed by atoms with E-state index in [0.29, 0.717) is 5.56 Å². The Morgan fingerprint density at radius 1 is 1.26 bits per heavy atom. The van der Waals surface area contributed by atoms with E-state index in [0.717, 1.165) is 18.8 Å². The maximum Gasteiger partial charge on any atom is 0.151 e. The van der Waals surface area contributed by atoms with Crippen molar-refractivity contribution in [2.24, 2.45) is 5.92 Å². The highest BCUT2D eigenvalue weighted by atomic mass is 16.3. The van der Waals surface area contributed by atoms with Crippen molar-refractivity contribution in [3.8, 4) is 17.9 Å². The largest absolute Gasteiger partial charge is 0.507 e. The Kier molecular flexibility index (Phi) is 5.44. The first kappa shape index (κ1) is 14.6. The molecule has 0 saturated carbocycles. The molecule has 1 aromatic rings. The summed E-state index contributed by atoms with van der Waals surface area (Å²) < 4.78 is 0. The summed E-state index contributed by atoms with van der Waals surface area (Å²) in [5, 5.41) is 27.3. The predicted molar refractivity (Wildman–Crippen MR) is 75.4 cm³/mol. The van der Waals surface area contributed by atoms with E-state index in [1.54, 1.807) is 18.2 Å². The summed E-state index contributed by atoms with van der Waals surface area (Å²) in [5.41, 5.74) is 1.56. The average molecular weight is 255 g/mol. The van der Waals surface area contributed by atoms with E-state index in [4.69, 9.17) is 10.5 Å². The Hall–Kier alpha value is -2.46. The van der Waals surface area contributed by atoms with Gasteiger partial charge in [-0.3, -0.25) is 0 Å². The van der Waals surface area contributed by atoms with E-state index >= 15 is 0 Å². The van der Waals surface area contributed by atoms with Crippen molar-refractivity contribution in [3.63, 3.8) is 0 Å². The third-order valence-electron chi connectivity index (χ3n) is 2.89. The van der Waals surface area contributed by atoms with Crippen LogP contribution in [0.25, 0.3) is 6.08 Å². The number of nitriles is 2. The van der Waals surface area contributed by atoms with E-state index in [1.165, 1.54) is 6.08 Å². The molecule has 19 heavy (non-hydrogen) atoms. The molecule has 0 aliphatic heterocycles. The molecule has 0 amide bonds. The second-order valence-corrected chi connectivity index (χ2v) is 4.01. The van der Waals surface area contributed by atoms with Gasteiger partial charge in [0.05, 0.1) is 12.1 Å². The molecule has 4 heteroatoms. The molecule has 0 bridgehead atoms. The maximum atomic E-state index is 9.95. The Labute approximate surface area is 113 Å². The van der Waals surface area contributed by atoms with Crippen LogP contribution in [0.2, 0.25) is 0 Å². The van der Waals surface area contributed by atoms with Crippen molar-refractivity contribution in [3.05, 3.63) is 29.8 Å². The molecule has 4 nitrogen and oxygen atoms in total. The molecule has 0 saturated heterocycles. The van der Waals surface area contributed by atoms with Gasteiger partial charge in [0.1, 0.15) is 5.75 Å². The van der Waals surface area contributed by atoms with Crippen LogP contribution in [0.3, 0.4) is 0 Å². The van der Waals surface area contributed by atoms with Gasteiger partial charge in [-0.25, -0.2) is 0 Å². The summed E-state index contributed by atoms with van der Waals surface area (Å²) in [5.74, 6) is -0.642. The van der Waals surface area contributed by atoms with Gasteiger partial charge in [0.25, 0.3) is 0 Å². The lowest BCUT2D eigenvalue weighted by atomic mass is 10.1. The van der Waals surface area contributed by atoms with Crippen molar-refractivity contribution in [1.29, 1.82) is 10.5 Å². The molecule has 0 heterocycles. The molecule has 0 fully saturated rings. The molecule has 0 unspecified atom stereocenters. The van der Waals surface area contributed by atoms with E-state index < -0.39 is 5.92 Å². The molecule has 0 aromatic heterocycles. The highest BCUT2D eigenvalue weighted by Crippen LogP contribution is 2.26. The average Bonchev–Trinajstić information content (AvgIpc) is 2.43. The van der Waals surface area contributed by atoms with E-state index in [9.17, 15) is 5.11 Å². The molecular formula is C15H17N3O. The monoisotopic (exact) mass is 255 g/mol. The van der Waals surface area contributed by atoms with Crippen molar-refractivity contribution >= 4 is 11.8 Å². The maximum absolute atomic E-state index is 9.95. The summed E-state index contributed by atoms with van der Waals surface area (Å²) in [4.78, 5) is 2.13. The summed E-state index contributed by atoms with van der Waals surface area (Å²) in [6.45, 7) is 5.85. The van der Waals surface area contributed by atoms with E-state index in [2.05, 4.69) is 18.7 Å². The van der Waals surface area contributed by atoms with Crippen LogP contribution in [-0.4, -0.2) is 18.2 Å². The van der Waals surface area contributed by atoms with E-state index in [1.807, 2.05) is 18.2 Å². The van der Waals surface area contributed by atoms with Crippen molar-refractivity contribution in [2.45, 2.75) is 13.8 Å². The smallest absolute Gasteiger partial charge is 0.151 e. The van der Waals surface area contributed by atoms with Crippen molar-refractivity contribution in [1.82, 2.24) is 0 Å². The highest BCUT2D eigenvalue weighted by Gasteiger charge is 2.06. The lowest BCUT2D eigenvalue weighted by Gasteiger charge is -2.21. The number of aromatic hydroxyl groups is 1. The summed E-state index contributed by atoms with van der Waals surface area (Å²) in [6, 6.07) is 9.10. The fourth-order valence-corrected chi connectivity index (χ4v) is 1.77. The Morgan fingerprint density at radius 3 is 2.37 bits per heavy atom. The number of hydrogen-bond donors (Lipinski definition) is 1. The van der Waals surface area contributed by atoms with Crippen LogP contribution in [0.5, 0.6) is 5.75 Å². The van der Waals surface area contributed by atoms with Crippen LogP contribution in [-0.2, 0) is 0 Å². The minimum atomic E-state index is -0.790. The van der Waals surface area contributed by atoms with Gasteiger partial charge in [-0.05, 0) is 26.0 Å². The third-order valence-corrected chi connectivity index (χ3v) is 2.89. The second kappa shape index (κ2) is 7.08. The fourth-order valence-electron chi connectivity index (χ4n) is 1.77.